The highest BCUT2D eigenvalue weighted by molar-refractivity contribution is 7.15. The maximum Gasteiger partial charge on any atom is 0.305 e. The number of hydrogen-bond donors (Lipinski definition) is 2. The minimum absolute atomic E-state index is 0.233. The molecule has 0 spiro atoms. The van der Waals surface area contributed by atoms with Crippen molar-refractivity contribution in [1.82, 2.24) is 10.2 Å². The van der Waals surface area contributed by atoms with Gasteiger partial charge < -0.3 is 14.9 Å². The van der Waals surface area contributed by atoms with E-state index in [1.807, 2.05) is 0 Å². The van der Waals surface area contributed by atoms with Gasteiger partial charge in [-0.15, -0.1) is 10.2 Å². The topological polar surface area (TPSA) is 120 Å². The van der Waals surface area contributed by atoms with Crippen LogP contribution in [0.2, 0.25) is 0 Å². The zero-order valence-corrected chi connectivity index (χ0v) is 12.8. The number of rotatable bonds is 7. The smallest absolute Gasteiger partial charge is 0.305 e. The summed E-state index contributed by atoms with van der Waals surface area (Å²) in [6.07, 6.45) is 2.90. The molecule has 8 nitrogen and oxygen atoms in total. The molecule has 2 aromatic heterocycles. The molecule has 0 radical (unpaired) electrons. The molecule has 0 aliphatic carbocycles. The molecule has 0 bridgehead atoms. The molecular weight excluding hydrogens is 308 g/mol. The summed E-state index contributed by atoms with van der Waals surface area (Å²) in [6.45, 7) is 0.233. The number of aromatic nitrogens is 2. The molecule has 0 aliphatic heterocycles. The fraction of sp³-hybridized carbons (Fsp3) is 0.385. The molecule has 9 heteroatoms. The highest BCUT2D eigenvalue weighted by Gasteiger charge is 2.13. The van der Waals surface area contributed by atoms with E-state index in [4.69, 9.17) is 10.2 Å². The van der Waals surface area contributed by atoms with Gasteiger partial charge in [0, 0.05) is 12.8 Å². The lowest BCUT2D eigenvalue weighted by molar-refractivity contribution is -0.140. The van der Waals surface area contributed by atoms with Crippen LogP contribution in [0.5, 0.6) is 0 Å². The van der Waals surface area contributed by atoms with Crippen LogP contribution < -0.4 is 11.1 Å². The number of anilines is 1. The quantitative estimate of drug-likeness (QED) is 0.737. The third-order valence-corrected chi connectivity index (χ3v) is 3.70. The summed E-state index contributed by atoms with van der Waals surface area (Å²) in [5.74, 6) is -0.0552. The van der Waals surface area contributed by atoms with Crippen molar-refractivity contribution in [3.8, 4) is 0 Å². The van der Waals surface area contributed by atoms with Gasteiger partial charge in [0.1, 0.15) is 17.0 Å². The summed E-state index contributed by atoms with van der Waals surface area (Å²) >= 11 is 1.27. The van der Waals surface area contributed by atoms with Crippen molar-refractivity contribution < 1.29 is 18.7 Å². The molecule has 0 aromatic carbocycles. The number of nitrogens with zero attached hydrogens (tertiary/aromatic N) is 2. The molecule has 0 aliphatic rings. The Morgan fingerprint density at radius 3 is 2.95 bits per heavy atom. The van der Waals surface area contributed by atoms with Gasteiger partial charge in [-0.05, 0) is 12.5 Å². The monoisotopic (exact) mass is 324 g/mol. The fourth-order valence-corrected chi connectivity index (χ4v) is 2.44. The van der Waals surface area contributed by atoms with E-state index in [0.29, 0.717) is 35.7 Å². The average Bonchev–Trinajstić information content (AvgIpc) is 3.16. The van der Waals surface area contributed by atoms with Crippen molar-refractivity contribution in [3.05, 3.63) is 28.7 Å². The molecule has 1 amide bonds. The van der Waals surface area contributed by atoms with Gasteiger partial charge in [0.15, 0.2) is 0 Å². The van der Waals surface area contributed by atoms with Crippen LogP contribution in [0.4, 0.5) is 5.13 Å². The lowest BCUT2D eigenvalue weighted by atomic mass is 10.2. The number of esters is 1. The molecule has 0 fully saturated rings. The van der Waals surface area contributed by atoms with E-state index in [9.17, 15) is 9.59 Å². The van der Waals surface area contributed by atoms with Crippen LogP contribution in [0.1, 0.15) is 34.0 Å². The number of furan rings is 1. The van der Waals surface area contributed by atoms with Crippen LogP contribution in [0.25, 0.3) is 0 Å². The number of methoxy groups -OCH3 is 1. The van der Waals surface area contributed by atoms with Gasteiger partial charge in [-0.1, -0.05) is 11.3 Å². The Morgan fingerprint density at radius 1 is 1.45 bits per heavy atom. The summed E-state index contributed by atoms with van der Waals surface area (Å²) in [6, 6.07) is 1.58. The normalized spacial score (nSPS) is 10.5. The van der Waals surface area contributed by atoms with Gasteiger partial charge >= 0.3 is 5.97 Å². The minimum Gasteiger partial charge on any atom is -0.469 e. The van der Waals surface area contributed by atoms with Gasteiger partial charge in [-0.2, -0.15) is 0 Å². The van der Waals surface area contributed by atoms with Crippen molar-refractivity contribution in [1.29, 1.82) is 0 Å². The van der Waals surface area contributed by atoms with Gasteiger partial charge in [-0.3, -0.25) is 14.9 Å². The van der Waals surface area contributed by atoms with Gasteiger partial charge in [0.05, 0.1) is 19.2 Å². The Balaban J connectivity index is 1.86. The molecule has 0 atom stereocenters. The molecule has 3 N–H and O–H groups in total. The second-order valence-electron chi connectivity index (χ2n) is 4.39. The summed E-state index contributed by atoms with van der Waals surface area (Å²) < 4.78 is 9.66. The third kappa shape index (κ3) is 4.37. The molecule has 2 aromatic rings. The zero-order chi connectivity index (χ0) is 15.9. The van der Waals surface area contributed by atoms with Crippen molar-refractivity contribution in [3.63, 3.8) is 0 Å². The van der Waals surface area contributed by atoms with E-state index in [1.165, 1.54) is 24.7 Å². The number of nitrogens with one attached hydrogen (secondary N) is 1. The molecule has 2 rings (SSSR count). The number of hydrogen-bond acceptors (Lipinski definition) is 8. The van der Waals surface area contributed by atoms with Crippen LogP contribution in [0.3, 0.4) is 0 Å². The van der Waals surface area contributed by atoms with Gasteiger partial charge in [-0.25, -0.2) is 0 Å². The van der Waals surface area contributed by atoms with E-state index in [1.54, 1.807) is 6.07 Å². The second kappa shape index (κ2) is 7.66. The first-order valence-electron chi connectivity index (χ1n) is 6.60. The molecule has 118 valence electrons. The summed E-state index contributed by atoms with van der Waals surface area (Å²) in [7, 11) is 1.35. The molecule has 0 saturated heterocycles. The van der Waals surface area contributed by atoms with Gasteiger partial charge in [0.2, 0.25) is 5.13 Å². The fourth-order valence-electron chi connectivity index (χ4n) is 1.67. The first kappa shape index (κ1) is 16.1. The zero-order valence-electron chi connectivity index (χ0n) is 12.0. The second-order valence-corrected chi connectivity index (χ2v) is 5.45. The van der Waals surface area contributed by atoms with Crippen molar-refractivity contribution in [2.75, 3.05) is 12.4 Å². The Kier molecular flexibility index (Phi) is 5.61. The summed E-state index contributed by atoms with van der Waals surface area (Å²) in [4.78, 5) is 23.0. The first-order chi connectivity index (χ1) is 10.6. The van der Waals surface area contributed by atoms with E-state index >= 15 is 0 Å². The molecule has 2 heterocycles. The Labute approximate surface area is 130 Å². The van der Waals surface area contributed by atoms with Crippen LogP contribution >= 0.6 is 11.3 Å². The highest BCUT2D eigenvalue weighted by atomic mass is 32.1. The van der Waals surface area contributed by atoms with Crippen LogP contribution in [-0.4, -0.2) is 29.2 Å². The number of ether oxygens (including phenoxy) is 1. The van der Waals surface area contributed by atoms with Crippen LogP contribution in [0.15, 0.2) is 16.7 Å². The maximum atomic E-state index is 12.0. The average molecular weight is 324 g/mol. The SMILES string of the molecule is COC(=O)CCCc1nnc(NC(=O)c2coc(CN)c2)s1. The third-order valence-electron chi connectivity index (χ3n) is 2.80. The molecule has 0 saturated carbocycles. The standard InChI is InChI=1S/C13H16N4O4S/c1-20-11(18)4-2-3-10-16-17-13(22-10)15-12(19)8-5-9(6-14)21-7-8/h5,7H,2-4,6,14H2,1H3,(H,15,17,19). The van der Waals surface area contributed by atoms with Gasteiger partial charge in [0.25, 0.3) is 5.91 Å². The Bertz CT molecular complexity index is 652. The predicted octanol–water partition coefficient (Wildman–Crippen LogP) is 1.34. The summed E-state index contributed by atoms with van der Waals surface area (Å²) in [5, 5.41) is 11.6. The van der Waals surface area contributed by atoms with E-state index in [2.05, 4.69) is 20.3 Å². The largest absolute Gasteiger partial charge is 0.469 e. The van der Waals surface area contributed by atoms with Crippen molar-refractivity contribution >= 4 is 28.3 Å². The first-order valence-corrected chi connectivity index (χ1v) is 7.42. The number of carbonyl (C=O) groups is 2. The predicted molar refractivity (Wildman–Crippen MR) is 79.4 cm³/mol. The van der Waals surface area contributed by atoms with Crippen molar-refractivity contribution in [2.45, 2.75) is 25.8 Å². The lowest BCUT2D eigenvalue weighted by Gasteiger charge is -1.97. The molecule has 0 unspecified atom stereocenters. The number of carbonyl (C=O) groups excluding carboxylic acids is 2. The van der Waals surface area contributed by atoms with E-state index < -0.39 is 0 Å². The Morgan fingerprint density at radius 2 is 2.27 bits per heavy atom. The highest BCUT2D eigenvalue weighted by Crippen LogP contribution is 2.18. The molecular formula is C13H16N4O4S. The van der Waals surface area contributed by atoms with E-state index in [-0.39, 0.29) is 18.4 Å². The number of aryl methyl sites for hydroxylation is 1. The molecule has 22 heavy (non-hydrogen) atoms. The summed E-state index contributed by atoms with van der Waals surface area (Å²) in [5.41, 5.74) is 5.80. The number of nitrogens with two attached hydrogens (primary N) is 1. The van der Waals surface area contributed by atoms with Crippen LogP contribution in [-0.2, 0) is 22.5 Å². The van der Waals surface area contributed by atoms with Crippen molar-refractivity contribution in [2.24, 2.45) is 5.73 Å². The number of amides is 1. The van der Waals surface area contributed by atoms with E-state index in [0.717, 1.165) is 5.01 Å². The maximum absolute atomic E-state index is 12.0. The lowest BCUT2D eigenvalue weighted by Crippen LogP contribution is -2.10. The van der Waals surface area contributed by atoms with Crippen LogP contribution in [0, 0.1) is 0 Å². The minimum atomic E-state index is -0.333. The Hall–Kier alpha value is -2.26.